The van der Waals surface area contributed by atoms with Crippen molar-refractivity contribution >= 4 is 45.6 Å². The quantitative estimate of drug-likeness (QED) is 0.707. The number of likely N-dealkylation sites (N-methyl/N-ethyl adjacent to an activating group) is 1. The number of thiazole rings is 1. The summed E-state index contributed by atoms with van der Waals surface area (Å²) in [7, 11) is 0. The Morgan fingerprint density at radius 1 is 1.19 bits per heavy atom. The summed E-state index contributed by atoms with van der Waals surface area (Å²) >= 11 is 7.49. The van der Waals surface area contributed by atoms with Gasteiger partial charge in [0.25, 0.3) is 5.91 Å². The van der Waals surface area contributed by atoms with E-state index < -0.39 is 6.04 Å². The fourth-order valence-electron chi connectivity index (χ4n) is 4.35. The minimum absolute atomic E-state index is 0.0805. The maximum Gasteiger partial charge on any atom is 0.274 e. The standard InChI is InChI=1S/C23H30ClN5O2S/c1-3-27-10-12-28(13-11-27)22(31)20-6-4-5-9-29(20)21(30)19-15-32-23(26-19)25-18-14-17(24)8-7-16(18)2/h7-8,14-15,20H,3-6,9-13H2,1-2H3,(H,25,26). The molecule has 32 heavy (non-hydrogen) atoms. The van der Waals surface area contributed by atoms with Gasteiger partial charge in [-0.3, -0.25) is 9.59 Å². The van der Waals surface area contributed by atoms with Crippen LogP contribution < -0.4 is 5.32 Å². The van der Waals surface area contributed by atoms with Crippen LogP contribution in [0, 0.1) is 6.92 Å². The second-order valence-electron chi connectivity index (χ2n) is 8.39. The summed E-state index contributed by atoms with van der Waals surface area (Å²) in [5, 5.41) is 6.30. The first-order valence-corrected chi connectivity index (χ1v) is 12.5. The van der Waals surface area contributed by atoms with Crippen molar-refractivity contribution in [2.24, 2.45) is 0 Å². The fourth-order valence-corrected chi connectivity index (χ4v) is 5.22. The lowest BCUT2D eigenvalue weighted by atomic mass is 10.00. The third-order valence-electron chi connectivity index (χ3n) is 6.34. The highest BCUT2D eigenvalue weighted by atomic mass is 35.5. The molecule has 0 saturated carbocycles. The van der Waals surface area contributed by atoms with Gasteiger partial charge in [0.05, 0.1) is 0 Å². The minimum Gasteiger partial charge on any atom is -0.338 e. The molecule has 2 aliphatic rings. The van der Waals surface area contributed by atoms with Crippen LogP contribution in [0.5, 0.6) is 0 Å². The molecular formula is C23H30ClN5O2S. The van der Waals surface area contributed by atoms with E-state index in [1.165, 1.54) is 11.3 Å². The SMILES string of the molecule is CCN1CCN(C(=O)C2CCCCN2C(=O)c2csc(Nc3cc(Cl)ccc3C)n2)CC1. The third-order valence-corrected chi connectivity index (χ3v) is 7.34. The van der Waals surface area contributed by atoms with Gasteiger partial charge in [-0.2, -0.15) is 0 Å². The lowest BCUT2D eigenvalue weighted by Crippen LogP contribution is -2.57. The highest BCUT2D eigenvalue weighted by molar-refractivity contribution is 7.14. The normalized spacial score (nSPS) is 19.8. The van der Waals surface area contributed by atoms with E-state index >= 15 is 0 Å². The Balaban J connectivity index is 1.45. The number of piperazine rings is 1. The largest absolute Gasteiger partial charge is 0.338 e. The van der Waals surface area contributed by atoms with Crippen LogP contribution in [0.3, 0.4) is 0 Å². The van der Waals surface area contributed by atoms with Crippen molar-refractivity contribution < 1.29 is 9.59 Å². The maximum absolute atomic E-state index is 13.3. The predicted molar refractivity (Wildman–Crippen MR) is 129 cm³/mol. The monoisotopic (exact) mass is 475 g/mol. The van der Waals surface area contributed by atoms with E-state index in [1.807, 2.05) is 30.0 Å². The van der Waals surface area contributed by atoms with Crippen LogP contribution in [0.15, 0.2) is 23.6 Å². The zero-order valence-corrected chi connectivity index (χ0v) is 20.2. The number of aryl methyl sites for hydroxylation is 1. The molecule has 4 rings (SSSR count). The van der Waals surface area contributed by atoms with Crippen LogP contribution >= 0.6 is 22.9 Å². The van der Waals surface area contributed by atoms with Crippen molar-refractivity contribution in [3.63, 3.8) is 0 Å². The molecule has 0 spiro atoms. The van der Waals surface area contributed by atoms with Gasteiger partial charge in [-0.15, -0.1) is 11.3 Å². The number of rotatable bonds is 5. The number of hydrogen-bond donors (Lipinski definition) is 1. The third kappa shape index (κ3) is 5.08. The molecule has 1 N–H and O–H groups in total. The van der Waals surface area contributed by atoms with Crippen LogP contribution in [-0.2, 0) is 4.79 Å². The molecule has 3 heterocycles. The molecule has 1 unspecified atom stereocenters. The molecule has 9 heteroatoms. The molecule has 0 bridgehead atoms. The smallest absolute Gasteiger partial charge is 0.274 e. The molecule has 7 nitrogen and oxygen atoms in total. The van der Waals surface area contributed by atoms with Crippen LogP contribution in [0.2, 0.25) is 5.02 Å². The molecule has 2 aliphatic heterocycles. The molecule has 0 radical (unpaired) electrons. The second kappa shape index (κ2) is 10.2. The van der Waals surface area contributed by atoms with Gasteiger partial charge >= 0.3 is 0 Å². The van der Waals surface area contributed by atoms with E-state index in [9.17, 15) is 9.59 Å². The Morgan fingerprint density at radius 2 is 1.97 bits per heavy atom. The van der Waals surface area contributed by atoms with Gasteiger partial charge in [-0.25, -0.2) is 4.98 Å². The summed E-state index contributed by atoms with van der Waals surface area (Å²) in [5.41, 5.74) is 2.29. The molecule has 0 aliphatic carbocycles. The number of nitrogens with one attached hydrogen (secondary N) is 1. The van der Waals surface area contributed by atoms with E-state index in [2.05, 4.69) is 22.1 Å². The fraction of sp³-hybridized carbons (Fsp3) is 0.522. The summed E-state index contributed by atoms with van der Waals surface area (Å²) in [5.74, 6) is -0.0840. The van der Waals surface area contributed by atoms with Gasteiger partial charge in [0.2, 0.25) is 5.91 Å². The van der Waals surface area contributed by atoms with Crippen molar-refractivity contribution in [1.82, 2.24) is 19.7 Å². The molecule has 1 aromatic heterocycles. The van der Waals surface area contributed by atoms with Crippen molar-refractivity contribution in [3.05, 3.63) is 39.9 Å². The molecule has 2 amide bonds. The number of amides is 2. The highest BCUT2D eigenvalue weighted by Crippen LogP contribution is 2.28. The second-order valence-corrected chi connectivity index (χ2v) is 9.69. The summed E-state index contributed by atoms with van der Waals surface area (Å²) < 4.78 is 0. The summed E-state index contributed by atoms with van der Waals surface area (Å²) in [4.78, 5) is 37.1. The first kappa shape index (κ1) is 23.0. The Kier molecular flexibility index (Phi) is 7.33. The molecule has 1 atom stereocenters. The Labute approximate surface area is 198 Å². The molecule has 172 valence electrons. The first-order chi connectivity index (χ1) is 15.5. The number of piperidine rings is 1. The van der Waals surface area contributed by atoms with Gasteiger partial charge in [0.15, 0.2) is 5.13 Å². The highest BCUT2D eigenvalue weighted by Gasteiger charge is 2.36. The molecule has 2 aromatic rings. The number of anilines is 2. The van der Waals surface area contributed by atoms with Gasteiger partial charge in [0, 0.05) is 48.8 Å². The maximum atomic E-state index is 13.3. The number of benzene rings is 1. The summed E-state index contributed by atoms with van der Waals surface area (Å²) in [6.07, 6.45) is 2.60. The molecular weight excluding hydrogens is 446 g/mol. The number of nitrogens with zero attached hydrogens (tertiary/aromatic N) is 4. The number of aromatic nitrogens is 1. The topological polar surface area (TPSA) is 68.8 Å². The van der Waals surface area contributed by atoms with Crippen molar-refractivity contribution in [2.45, 2.75) is 39.2 Å². The lowest BCUT2D eigenvalue weighted by molar-refractivity contribution is -0.139. The lowest BCUT2D eigenvalue weighted by Gasteiger charge is -2.40. The van der Waals surface area contributed by atoms with E-state index in [0.717, 1.165) is 63.2 Å². The molecule has 2 saturated heterocycles. The van der Waals surface area contributed by atoms with Gasteiger partial charge in [0.1, 0.15) is 11.7 Å². The number of carbonyl (C=O) groups is 2. The van der Waals surface area contributed by atoms with E-state index in [4.69, 9.17) is 11.6 Å². The van der Waals surface area contributed by atoms with Gasteiger partial charge in [-0.05, 0) is 50.4 Å². The summed E-state index contributed by atoms with van der Waals surface area (Å²) in [6.45, 7) is 8.99. The Hall–Kier alpha value is -2.16. The molecule has 1 aromatic carbocycles. The Bertz CT molecular complexity index is 973. The van der Waals surface area contributed by atoms with Crippen LogP contribution in [0.4, 0.5) is 10.8 Å². The van der Waals surface area contributed by atoms with Crippen LogP contribution in [0.1, 0.15) is 42.2 Å². The van der Waals surface area contributed by atoms with E-state index in [0.29, 0.717) is 22.4 Å². The van der Waals surface area contributed by atoms with Gasteiger partial charge in [-0.1, -0.05) is 24.6 Å². The average molecular weight is 476 g/mol. The number of carbonyl (C=O) groups excluding carboxylic acids is 2. The molecule has 2 fully saturated rings. The first-order valence-electron chi connectivity index (χ1n) is 11.3. The number of halogens is 1. The van der Waals surface area contributed by atoms with Gasteiger partial charge < -0.3 is 20.0 Å². The number of hydrogen-bond acceptors (Lipinski definition) is 6. The van der Waals surface area contributed by atoms with E-state index in [-0.39, 0.29) is 11.8 Å². The van der Waals surface area contributed by atoms with Crippen molar-refractivity contribution in [1.29, 1.82) is 0 Å². The zero-order chi connectivity index (χ0) is 22.7. The van der Waals surface area contributed by atoms with Crippen molar-refractivity contribution in [3.8, 4) is 0 Å². The Morgan fingerprint density at radius 3 is 2.72 bits per heavy atom. The zero-order valence-electron chi connectivity index (χ0n) is 18.6. The van der Waals surface area contributed by atoms with Crippen LogP contribution in [-0.4, -0.2) is 76.8 Å². The average Bonchev–Trinajstić information content (AvgIpc) is 3.29. The summed E-state index contributed by atoms with van der Waals surface area (Å²) in [6, 6.07) is 5.23. The minimum atomic E-state index is -0.391. The number of likely N-dealkylation sites (tertiary alicyclic amines) is 1. The van der Waals surface area contributed by atoms with E-state index in [1.54, 1.807) is 10.3 Å². The van der Waals surface area contributed by atoms with Crippen molar-refractivity contribution in [2.75, 3.05) is 44.6 Å². The van der Waals surface area contributed by atoms with Crippen LogP contribution in [0.25, 0.3) is 0 Å². The predicted octanol–water partition coefficient (Wildman–Crippen LogP) is 4.01.